The van der Waals surface area contributed by atoms with Gasteiger partial charge in [0.2, 0.25) is 6.04 Å². The lowest BCUT2D eigenvalue weighted by Crippen LogP contribution is -2.19. The van der Waals surface area contributed by atoms with Gasteiger partial charge >= 0.3 is 5.97 Å². The highest BCUT2D eigenvalue weighted by atomic mass is 79.9. The molecule has 0 amide bonds. The quantitative estimate of drug-likeness (QED) is 0.662. The van der Waals surface area contributed by atoms with E-state index in [1.54, 1.807) is 6.92 Å². The first-order valence-electron chi connectivity index (χ1n) is 3.18. The normalized spacial score (nSPS) is 21.6. The fraction of sp³-hybridized carbons (Fsp3) is 0.500. The molecule has 0 aromatic rings. The zero-order valence-electron chi connectivity index (χ0n) is 5.95. The first-order chi connectivity index (χ1) is 5.25. The summed E-state index contributed by atoms with van der Waals surface area (Å²) in [6.07, 6.45) is 1.49. The molecule has 0 aromatic heterocycles. The molecule has 4 nitrogen and oxygen atoms in total. The molecule has 0 bridgehead atoms. The highest BCUT2D eigenvalue weighted by molar-refractivity contribution is 9.11. The van der Waals surface area contributed by atoms with Gasteiger partial charge in [-0.3, -0.25) is 0 Å². The van der Waals surface area contributed by atoms with Crippen LogP contribution >= 0.6 is 15.9 Å². The molecule has 1 aliphatic heterocycles. The molecule has 5 heteroatoms. The lowest BCUT2D eigenvalue weighted by Gasteiger charge is -2.04. The van der Waals surface area contributed by atoms with Crippen LogP contribution in [0.3, 0.4) is 0 Å². The van der Waals surface area contributed by atoms with Gasteiger partial charge in [-0.25, -0.2) is 4.79 Å². The fourth-order valence-corrected chi connectivity index (χ4v) is 1.03. The second kappa shape index (κ2) is 3.61. The van der Waals surface area contributed by atoms with E-state index in [0.717, 1.165) is 0 Å². The molecule has 0 spiro atoms. The van der Waals surface area contributed by atoms with Crippen molar-refractivity contribution in [2.45, 2.75) is 13.0 Å². The Kier molecular flexibility index (Phi) is 2.76. The maximum absolute atomic E-state index is 11.0. The van der Waals surface area contributed by atoms with E-state index in [9.17, 15) is 4.79 Å². The molecule has 60 valence electrons. The van der Waals surface area contributed by atoms with E-state index in [1.807, 2.05) is 0 Å². The maximum Gasteiger partial charge on any atom is 0.338 e. The molecule has 1 aliphatic rings. The van der Waals surface area contributed by atoms with Crippen LogP contribution in [-0.4, -0.2) is 18.6 Å². The Morgan fingerprint density at radius 3 is 3.09 bits per heavy atom. The third kappa shape index (κ3) is 1.86. The van der Waals surface area contributed by atoms with Gasteiger partial charge in [0.25, 0.3) is 0 Å². The predicted octanol–water partition coefficient (Wildman–Crippen LogP) is 1.62. The summed E-state index contributed by atoms with van der Waals surface area (Å²) in [4.78, 5) is 11.0. The van der Waals surface area contributed by atoms with Crippen molar-refractivity contribution in [3.05, 3.63) is 10.7 Å². The third-order valence-electron chi connectivity index (χ3n) is 1.13. The summed E-state index contributed by atoms with van der Waals surface area (Å²) < 4.78 is 5.38. The molecule has 1 heterocycles. The Morgan fingerprint density at radius 2 is 2.64 bits per heavy atom. The summed E-state index contributed by atoms with van der Waals surface area (Å²) in [5.41, 5.74) is 0. The van der Waals surface area contributed by atoms with Crippen molar-refractivity contribution in [1.82, 2.24) is 0 Å². The van der Waals surface area contributed by atoms with E-state index in [-0.39, 0.29) is 5.97 Å². The van der Waals surface area contributed by atoms with Crippen molar-refractivity contribution < 1.29 is 9.53 Å². The van der Waals surface area contributed by atoms with Gasteiger partial charge in [0, 0.05) is 0 Å². The molecule has 0 radical (unpaired) electrons. The van der Waals surface area contributed by atoms with Gasteiger partial charge in [-0.05, 0) is 6.92 Å². The topological polar surface area (TPSA) is 51.0 Å². The van der Waals surface area contributed by atoms with Crippen LogP contribution in [0.25, 0.3) is 0 Å². The van der Waals surface area contributed by atoms with Gasteiger partial charge in [-0.15, -0.1) is 0 Å². The molecule has 11 heavy (non-hydrogen) atoms. The van der Waals surface area contributed by atoms with Crippen molar-refractivity contribution in [2.75, 3.05) is 6.61 Å². The van der Waals surface area contributed by atoms with Crippen molar-refractivity contribution in [1.29, 1.82) is 0 Å². The SMILES string of the molecule is CCOC(=O)[C@H]1N=NC=C1Br. The Balaban J connectivity index is 2.55. The molecule has 1 rings (SSSR count). The van der Waals surface area contributed by atoms with Crippen LogP contribution < -0.4 is 0 Å². The first-order valence-corrected chi connectivity index (χ1v) is 3.97. The molecule has 0 aromatic carbocycles. The number of azo groups is 1. The van der Waals surface area contributed by atoms with E-state index in [1.165, 1.54) is 6.20 Å². The van der Waals surface area contributed by atoms with E-state index in [2.05, 4.69) is 26.2 Å². The molecule has 0 N–H and O–H groups in total. The monoisotopic (exact) mass is 218 g/mol. The van der Waals surface area contributed by atoms with Crippen LogP contribution in [-0.2, 0) is 9.53 Å². The molecular weight excluding hydrogens is 212 g/mol. The molecule has 0 fully saturated rings. The van der Waals surface area contributed by atoms with Crippen molar-refractivity contribution >= 4 is 21.9 Å². The van der Waals surface area contributed by atoms with Crippen molar-refractivity contribution in [2.24, 2.45) is 10.2 Å². The molecule has 0 aliphatic carbocycles. The minimum absolute atomic E-state index is 0.364. The maximum atomic E-state index is 11.0. The highest BCUT2D eigenvalue weighted by Gasteiger charge is 2.25. The summed E-state index contributed by atoms with van der Waals surface area (Å²) in [6.45, 7) is 2.12. The summed E-state index contributed by atoms with van der Waals surface area (Å²) in [5.74, 6) is -0.364. The average molecular weight is 219 g/mol. The molecule has 1 atom stereocenters. The smallest absolute Gasteiger partial charge is 0.338 e. The number of ether oxygens (including phenoxy) is 1. The van der Waals surface area contributed by atoms with Gasteiger partial charge in [-0.2, -0.15) is 10.2 Å². The van der Waals surface area contributed by atoms with E-state index >= 15 is 0 Å². The predicted molar refractivity (Wildman–Crippen MR) is 42.3 cm³/mol. The molecule has 0 unspecified atom stereocenters. The van der Waals surface area contributed by atoms with Crippen LogP contribution in [0.15, 0.2) is 20.9 Å². The van der Waals surface area contributed by atoms with Gasteiger partial charge in [0.15, 0.2) is 0 Å². The number of halogens is 1. The van der Waals surface area contributed by atoms with Crippen LogP contribution in [0.2, 0.25) is 0 Å². The Morgan fingerprint density at radius 1 is 1.91 bits per heavy atom. The van der Waals surface area contributed by atoms with E-state index in [4.69, 9.17) is 4.74 Å². The van der Waals surface area contributed by atoms with Gasteiger partial charge in [0.1, 0.15) is 0 Å². The Labute approximate surface area is 72.5 Å². The molecule has 0 saturated heterocycles. The van der Waals surface area contributed by atoms with Crippen LogP contribution in [0, 0.1) is 0 Å². The van der Waals surface area contributed by atoms with Crippen molar-refractivity contribution in [3.8, 4) is 0 Å². The number of carbonyl (C=O) groups is 1. The number of hydrogen-bond donors (Lipinski definition) is 0. The molecular formula is C6H7BrN2O2. The fourth-order valence-electron chi connectivity index (χ4n) is 0.662. The number of nitrogens with zero attached hydrogens (tertiary/aromatic N) is 2. The Hall–Kier alpha value is -0.710. The number of rotatable bonds is 2. The average Bonchev–Trinajstić information content (AvgIpc) is 2.36. The van der Waals surface area contributed by atoms with Crippen LogP contribution in [0.1, 0.15) is 6.92 Å². The number of carbonyl (C=O) groups excluding carboxylic acids is 1. The standard InChI is InChI=1S/C6H7BrN2O2/c1-2-11-6(10)5-4(7)3-8-9-5/h3,5H,2H2,1H3/t5-/m0/s1. The summed E-state index contributed by atoms with van der Waals surface area (Å²) in [6, 6.07) is -0.574. The van der Waals surface area contributed by atoms with Crippen molar-refractivity contribution in [3.63, 3.8) is 0 Å². The van der Waals surface area contributed by atoms with Gasteiger partial charge in [0.05, 0.1) is 17.3 Å². The second-order valence-corrected chi connectivity index (χ2v) is 2.82. The highest BCUT2D eigenvalue weighted by Crippen LogP contribution is 2.21. The minimum atomic E-state index is -0.574. The summed E-state index contributed by atoms with van der Waals surface area (Å²) in [5, 5.41) is 7.21. The van der Waals surface area contributed by atoms with Crippen LogP contribution in [0.4, 0.5) is 0 Å². The van der Waals surface area contributed by atoms with E-state index in [0.29, 0.717) is 11.1 Å². The summed E-state index contributed by atoms with van der Waals surface area (Å²) >= 11 is 3.15. The van der Waals surface area contributed by atoms with Crippen LogP contribution in [0.5, 0.6) is 0 Å². The third-order valence-corrected chi connectivity index (χ3v) is 1.77. The zero-order valence-corrected chi connectivity index (χ0v) is 7.54. The van der Waals surface area contributed by atoms with E-state index < -0.39 is 6.04 Å². The first kappa shape index (κ1) is 8.39. The lowest BCUT2D eigenvalue weighted by molar-refractivity contribution is -0.143. The zero-order chi connectivity index (χ0) is 8.27. The largest absolute Gasteiger partial charge is 0.464 e. The van der Waals surface area contributed by atoms with Gasteiger partial charge < -0.3 is 4.74 Å². The Bertz CT molecular complexity index is 225. The number of esters is 1. The van der Waals surface area contributed by atoms with Gasteiger partial charge in [-0.1, -0.05) is 15.9 Å². The second-order valence-electron chi connectivity index (χ2n) is 1.90. The lowest BCUT2D eigenvalue weighted by atomic mass is 10.3. The summed E-state index contributed by atoms with van der Waals surface area (Å²) in [7, 11) is 0. The molecule has 0 saturated carbocycles. The number of hydrogen-bond acceptors (Lipinski definition) is 4. The minimum Gasteiger partial charge on any atom is -0.464 e.